The maximum atomic E-state index is 4.58. The van der Waals surface area contributed by atoms with Crippen molar-refractivity contribution < 1.29 is 0 Å². The average molecular weight is 539 g/mol. The molecule has 4 heteroatoms. The Morgan fingerprint density at radius 1 is 0.975 bits per heavy atom. The Kier molecular flexibility index (Phi) is 12.6. The Balaban J connectivity index is 1.68. The summed E-state index contributed by atoms with van der Waals surface area (Å²) in [7, 11) is 0. The fourth-order valence-corrected chi connectivity index (χ4v) is 5.31. The predicted octanol–water partition coefficient (Wildman–Crippen LogP) is 8.30. The number of likely N-dealkylation sites (tertiary alicyclic amines) is 1. The Morgan fingerprint density at radius 2 is 1.70 bits per heavy atom. The molecule has 1 aromatic heterocycles. The van der Waals surface area contributed by atoms with Crippen LogP contribution >= 0.6 is 0 Å². The number of pyridine rings is 1. The lowest BCUT2D eigenvalue weighted by molar-refractivity contribution is 0.220. The summed E-state index contributed by atoms with van der Waals surface area (Å²) in [6, 6.07) is 8.84. The minimum Gasteiger partial charge on any atom is -0.356 e. The number of hydrogen-bond acceptors (Lipinski definition) is 4. The number of nitrogens with zero attached hydrogens (tertiary/aromatic N) is 3. The highest BCUT2D eigenvalue weighted by atomic mass is 15.1. The Morgan fingerprint density at radius 3 is 2.38 bits per heavy atom. The van der Waals surface area contributed by atoms with E-state index in [9.17, 15) is 0 Å². The number of aryl methyl sites for hydroxylation is 1. The summed E-state index contributed by atoms with van der Waals surface area (Å²) in [6.45, 7) is 28.1. The van der Waals surface area contributed by atoms with Crippen molar-refractivity contribution in [2.24, 2.45) is 0 Å². The number of hydrogen-bond donors (Lipinski definition) is 1. The molecule has 0 saturated carbocycles. The van der Waals surface area contributed by atoms with Crippen molar-refractivity contribution in [2.45, 2.75) is 66.3 Å². The number of nitrogens with one attached hydrogen (secondary N) is 1. The zero-order valence-corrected chi connectivity index (χ0v) is 25.4. The van der Waals surface area contributed by atoms with Crippen molar-refractivity contribution in [1.82, 2.24) is 20.1 Å². The van der Waals surface area contributed by atoms with Crippen molar-refractivity contribution in [3.05, 3.63) is 108 Å². The van der Waals surface area contributed by atoms with Gasteiger partial charge < -0.3 is 5.32 Å². The third kappa shape index (κ3) is 9.46. The average Bonchev–Trinajstić information content (AvgIpc) is 2.96. The molecule has 0 bridgehead atoms. The van der Waals surface area contributed by atoms with Crippen LogP contribution in [0, 0.1) is 6.92 Å². The van der Waals surface area contributed by atoms with Gasteiger partial charge in [0, 0.05) is 42.4 Å². The summed E-state index contributed by atoms with van der Waals surface area (Å²) >= 11 is 0. The molecule has 4 nitrogen and oxygen atoms in total. The zero-order chi connectivity index (χ0) is 28.9. The van der Waals surface area contributed by atoms with Crippen molar-refractivity contribution in [3.63, 3.8) is 0 Å². The van der Waals surface area contributed by atoms with Crippen LogP contribution in [0.1, 0.15) is 69.6 Å². The molecule has 0 aliphatic carbocycles. The lowest BCUT2D eigenvalue weighted by Crippen LogP contribution is -2.29. The molecule has 2 heterocycles. The second-order valence-electron chi connectivity index (χ2n) is 11.0. The summed E-state index contributed by atoms with van der Waals surface area (Å²) < 4.78 is 0. The van der Waals surface area contributed by atoms with Gasteiger partial charge in [0.25, 0.3) is 0 Å². The molecule has 1 aliphatic heterocycles. The van der Waals surface area contributed by atoms with E-state index in [4.69, 9.17) is 0 Å². The molecule has 0 amide bonds. The van der Waals surface area contributed by atoms with E-state index in [0.717, 1.165) is 78.3 Å². The van der Waals surface area contributed by atoms with Gasteiger partial charge in [0.1, 0.15) is 0 Å². The zero-order valence-electron chi connectivity index (χ0n) is 25.4. The maximum absolute atomic E-state index is 4.58. The summed E-state index contributed by atoms with van der Waals surface area (Å²) in [5, 5.41) is 3.47. The van der Waals surface area contributed by atoms with E-state index in [0.29, 0.717) is 0 Å². The second-order valence-corrected chi connectivity index (χ2v) is 11.0. The highest BCUT2D eigenvalue weighted by molar-refractivity contribution is 5.81. The Labute approximate surface area is 243 Å². The van der Waals surface area contributed by atoms with Gasteiger partial charge in [-0.1, -0.05) is 64.3 Å². The molecule has 3 rings (SSSR count). The quantitative estimate of drug-likeness (QED) is 0.231. The van der Waals surface area contributed by atoms with Crippen molar-refractivity contribution in [3.8, 4) is 11.1 Å². The van der Waals surface area contributed by atoms with Gasteiger partial charge in [-0.2, -0.15) is 0 Å². The fraction of sp³-hybridized carbons (Fsp3) is 0.417. The maximum Gasteiger partial charge on any atom is 0.0384 e. The molecule has 40 heavy (non-hydrogen) atoms. The van der Waals surface area contributed by atoms with Crippen LogP contribution in [-0.2, 0) is 6.54 Å². The minimum atomic E-state index is 0.791. The highest BCUT2D eigenvalue weighted by Gasteiger charge is 2.13. The third-order valence-electron chi connectivity index (χ3n) is 7.52. The van der Waals surface area contributed by atoms with Gasteiger partial charge in [-0.05, 0) is 117 Å². The molecule has 0 spiro atoms. The highest BCUT2D eigenvalue weighted by Crippen LogP contribution is 2.29. The Hall–Kier alpha value is -3.21. The molecule has 1 fully saturated rings. The van der Waals surface area contributed by atoms with Crippen LogP contribution in [0.25, 0.3) is 16.7 Å². The summed E-state index contributed by atoms with van der Waals surface area (Å²) in [6.07, 6.45) is 16.5. The van der Waals surface area contributed by atoms with Gasteiger partial charge in [0.05, 0.1) is 0 Å². The molecular formula is C36H50N4. The normalized spacial score (nSPS) is 14.6. The van der Waals surface area contributed by atoms with E-state index >= 15 is 0 Å². The van der Waals surface area contributed by atoms with E-state index in [-0.39, 0.29) is 0 Å². The van der Waals surface area contributed by atoms with Gasteiger partial charge in [-0.15, -0.1) is 0 Å². The van der Waals surface area contributed by atoms with Gasteiger partial charge in [-0.3, -0.25) is 14.8 Å². The SMILES string of the molecule is C=C(/C=C\C(=C/C)NC(=C)C(=C)c1cc(-c2cncc(CN3CCCCC3)c2)ccc1C)CN(CCC)CCC. The number of piperidine rings is 1. The predicted molar refractivity (Wildman–Crippen MR) is 174 cm³/mol. The monoisotopic (exact) mass is 538 g/mol. The number of aromatic nitrogens is 1. The third-order valence-corrected chi connectivity index (χ3v) is 7.52. The first-order valence-electron chi connectivity index (χ1n) is 15.0. The first-order chi connectivity index (χ1) is 19.3. The van der Waals surface area contributed by atoms with E-state index in [1.807, 2.05) is 19.3 Å². The first-order valence-corrected chi connectivity index (χ1v) is 15.0. The van der Waals surface area contributed by atoms with Crippen molar-refractivity contribution in [1.29, 1.82) is 0 Å². The van der Waals surface area contributed by atoms with Crippen LogP contribution in [0.5, 0.6) is 0 Å². The van der Waals surface area contributed by atoms with E-state index in [1.165, 1.54) is 43.5 Å². The molecular weight excluding hydrogens is 488 g/mol. The van der Waals surface area contributed by atoms with E-state index < -0.39 is 0 Å². The van der Waals surface area contributed by atoms with Crippen LogP contribution in [0.4, 0.5) is 0 Å². The van der Waals surface area contributed by atoms with Gasteiger partial charge in [0.15, 0.2) is 0 Å². The standard InChI is InChI=1S/C36H50N4/c1-8-18-39(19-9-2)26-28(4)14-17-35(10-3)38-31(7)30(6)36-23-33(16-15-29(36)5)34-22-32(24-37-25-34)27-40-20-12-11-13-21-40/h10,14-17,22-25,38H,4,6-9,11-13,18-21,26-27H2,1-3,5H3/b17-14-,35-10+. The number of benzene rings is 1. The molecule has 0 unspecified atom stereocenters. The molecule has 214 valence electrons. The number of rotatable bonds is 15. The fourth-order valence-electron chi connectivity index (χ4n) is 5.31. The van der Waals surface area contributed by atoms with Crippen LogP contribution in [0.15, 0.2) is 91.6 Å². The Bertz CT molecular complexity index is 1210. The van der Waals surface area contributed by atoms with Crippen LogP contribution in [-0.4, -0.2) is 47.5 Å². The molecule has 1 aliphatic rings. The smallest absolute Gasteiger partial charge is 0.0384 e. The molecule has 1 saturated heterocycles. The van der Waals surface area contributed by atoms with Gasteiger partial charge >= 0.3 is 0 Å². The molecule has 0 radical (unpaired) electrons. The summed E-state index contributed by atoms with van der Waals surface area (Å²) in [5.74, 6) is 0. The van der Waals surface area contributed by atoms with Crippen LogP contribution < -0.4 is 5.32 Å². The molecule has 0 atom stereocenters. The first kappa shape index (κ1) is 31.3. The number of allylic oxidation sites excluding steroid dienone is 3. The topological polar surface area (TPSA) is 31.4 Å². The van der Waals surface area contributed by atoms with E-state index in [1.54, 1.807) is 0 Å². The second kappa shape index (κ2) is 16.2. The largest absolute Gasteiger partial charge is 0.356 e. The molecule has 1 N–H and O–H groups in total. The lowest BCUT2D eigenvalue weighted by Gasteiger charge is -2.26. The van der Waals surface area contributed by atoms with Crippen LogP contribution in [0.2, 0.25) is 0 Å². The van der Waals surface area contributed by atoms with Crippen molar-refractivity contribution in [2.75, 3.05) is 32.7 Å². The molecule has 1 aromatic carbocycles. The summed E-state index contributed by atoms with van der Waals surface area (Å²) in [5.41, 5.74) is 9.58. The molecule has 2 aromatic rings. The van der Waals surface area contributed by atoms with Gasteiger partial charge in [-0.25, -0.2) is 0 Å². The van der Waals surface area contributed by atoms with Crippen LogP contribution in [0.3, 0.4) is 0 Å². The van der Waals surface area contributed by atoms with E-state index in [2.05, 4.69) is 103 Å². The minimum absolute atomic E-state index is 0.791. The van der Waals surface area contributed by atoms with Crippen molar-refractivity contribution >= 4 is 5.57 Å². The van der Waals surface area contributed by atoms with Gasteiger partial charge in [0.2, 0.25) is 0 Å². The summed E-state index contributed by atoms with van der Waals surface area (Å²) in [4.78, 5) is 9.58. The lowest BCUT2D eigenvalue weighted by atomic mass is 9.94.